The lowest BCUT2D eigenvalue weighted by atomic mass is 9.98. The molecule has 2 aromatic rings. The lowest BCUT2D eigenvalue weighted by Gasteiger charge is -2.43. The molecule has 2 saturated heterocycles. The van der Waals surface area contributed by atoms with E-state index in [1.165, 1.54) is 0 Å². The molecule has 1 aromatic carbocycles. The maximum atomic E-state index is 5.40. The Morgan fingerprint density at radius 1 is 1.23 bits per heavy atom. The Balaban J connectivity index is 1.44. The smallest absolute Gasteiger partial charge is 0.158 e. The number of ether oxygens (including phenoxy) is 2. The molecule has 1 aromatic heterocycles. The van der Waals surface area contributed by atoms with Gasteiger partial charge in [-0.1, -0.05) is 0 Å². The third kappa shape index (κ3) is 2.50. The van der Waals surface area contributed by atoms with Crippen molar-refractivity contribution in [1.82, 2.24) is 15.2 Å². The molecule has 2 aliphatic heterocycles. The van der Waals surface area contributed by atoms with E-state index in [1.54, 1.807) is 7.11 Å². The molecule has 0 saturated carbocycles. The molecule has 0 radical (unpaired) electrons. The highest BCUT2D eigenvalue weighted by Gasteiger charge is 2.31. The van der Waals surface area contributed by atoms with Gasteiger partial charge in [0.2, 0.25) is 0 Å². The number of aromatic nitrogens is 2. The van der Waals surface area contributed by atoms with Crippen LogP contribution in [0.2, 0.25) is 0 Å². The van der Waals surface area contributed by atoms with Crippen LogP contribution in [0.3, 0.4) is 0 Å². The van der Waals surface area contributed by atoms with Crippen LogP contribution >= 0.6 is 0 Å². The quantitative estimate of drug-likeness (QED) is 0.835. The lowest BCUT2D eigenvalue weighted by molar-refractivity contribution is 0.0286. The molecule has 0 spiro atoms. The van der Waals surface area contributed by atoms with Crippen molar-refractivity contribution in [1.29, 1.82) is 0 Å². The number of hydrogen-bond donors (Lipinski definition) is 0. The molecule has 0 N–H and O–H groups in total. The summed E-state index contributed by atoms with van der Waals surface area (Å²) in [6.07, 6.45) is 0. The second-order valence-electron chi connectivity index (χ2n) is 5.96. The van der Waals surface area contributed by atoms with E-state index in [0.717, 1.165) is 68.4 Å². The van der Waals surface area contributed by atoms with Crippen molar-refractivity contribution in [3.8, 4) is 5.75 Å². The van der Waals surface area contributed by atoms with Gasteiger partial charge < -0.3 is 14.4 Å². The summed E-state index contributed by atoms with van der Waals surface area (Å²) in [7, 11) is 1.66. The van der Waals surface area contributed by atoms with Gasteiger partial charge in [0.15, 0.2) is 5.52 Å². The summed E-state index contributed by atoms with van der Waals surface area (Å²) in [5.41, 5.74) is 2.60. The average Bonchev–Trinajstić information content (AvgIpc) is 2.99. The van der Waals surface area contributed by atoms with Crippen LogP contribution in [0.15, 0.2) is 16.8 Å². The monoisotopic (exact) mass is 304 g/mol. The molecule has 22 heavy (non-hydrogen) atoms. The van der Waals surface area contributed by atoms with E-state index in [4.69, 9.17) is 14.1 Å². The van der Waals surface area contributed by atoms with Crippen LogP contribution in [-0.2, 0) is 4.74 Å². The molecule has 0 atom stereocenters. The van der Waals surface area contributed by atoms with E-state index in [9.17, 15) is 0 Å². The third-order valence-electron chi connectivity index (χ3n) is 4.47. The van der Waals surface area contributed by atoms with Gasteiger partial charge in [-0.25, -0.2) is 4.63 Å². The number of fused-ring (bicyclic) bond motifs is 1. The number of rotatable bonds is 4. The van der Waals surface area contributed by atoms with Crippen molar-refractivity contribution in [3.63, 3.8) is 0 Å². The largest absolute Gasteiger partial charge is 0.497 e. The average molecular weight is 304 g/mol. The Morgan fingerprint density at radius 3 is 2.82 bits per heavy atom. The Hall–Kier alpha value is -1.86. The molecule has 0 amide bonds. The van der Waals surface area contributed by atoms with Gasteiger partial charge in [0.25, 0.3) is 0 Å². The fourth-order valence-corrected chi connectivity index (χ4v) is 3.24. The lowest BCUT2D eigenvalue weighted by Crippen LogP contribution is -2.53. The van der Waals surface area contributed by atoms with Crippen molar-refractivity contribution in [2.24, 2.45) is 5.92 Å². The van der Waals surface area contributed by atoms with Crippen LogP contribution < -0.4 is 9.64 Å². The van der Waals surface area contributed by atoms with E-state index in [-0.39, 0.29) is 0 Å². The summed E-state index contributed by atoms with van der Waals surface area (Å²) in [5, 5.41) is 7.95. The van der Waals surface area contributed by atoms with Gasteiger partial charge in [-0.15, -0.1) is 0 Å². The highest BCUT2D eigenvalue weighted by molar-refractivity contribution is 5.89. The summed E-state index contributed by atoms with van der Waals surface area (Å²) in [6, 6.07) is 3.86. The van der Waals surface area contributed by atoms with Gasteiger partial charge in [-0.05, 0) is 10.3 Å². The molecule has 4 rings (SSSR count). The minimum Gasteiger partial charge on any atom is -0.497 e. The summed E-state index contributed by atoms with van der Waals surface area (Å²) in [6.45, 7) is 7.03. The first-order chi connectivity index (χ1) is 10.8. The van der Waals surface area contributed by atoms with Gasteiger partial charge in [0, 0.05) is 50.8 Å². The van der Waals surface area contributed by atoms with Crippen LogP contribution in [-0.4, -0.2) is 68.3 Å². The first kappa shape index (κ1) is 13.8. The van der Waals surface area contributed by atoms with Crippen LogP contribution in [0.4, 0.5) is 5.69 Å². The van der Waals surface area contributed by atoms with Crippen LogP contribution in [0.1, 0.15) is 0 Å². The molecule has 0 aliphatic carbocycles. The first-order valence-electron chi connectivity index (χ1n) is 7.69. The van der Waals surface area contributed by atoms with E-state index >= 15 is 0 Å². The number of benzene rings is 1. The molecule has 2 fully saturated rings. The zero-order valence-corrected chi connectivity index (χ0v) is 12.7. The second-order valence-corrected chi connectivity index (χ2v) is 5.96. The third-order valence-corrected chi connectivity index (χ3v) is 4.47. The number of nitrogens with zero attached hydrogens (tertiary/aromatic N) is 4. The van der Waals surface area contributed by atoms with Gasteiger partial charge in [-0.3, -0.25) is 4.90 Å². The summed E-state index contributed by atoms with van der Waals surface area (Å²) in [4.78, 5) is 4.81. The molecule has 118 valence electrons. The zero-order chi connectivity index (χ0) is 14.9. The fraction of sp³-hybridized carbons (Fsp3) is 0.600. The van der Waals surface area contributed by atoms with Crippen LogP contribution in [0, 0.1) is 5.92 Å². The van der Waals surface area contributed by atoms with Gasteiger partial charge in [0.05, 0.1) is 26.0 Å². The number of morpholine rings is 1. The van der Waals surface area contributed by atoms with E-state index in [0.29, 0.717) is 5.92 Å². The predicted molar refractivity (Wildman–Crippen MR) is 81.3 cm³/mol. The Labute approximate surface area is 128 Å². The van der Waals surface area contributed by atoms with E-state index in [1.807, 2.05) is 12.1 Å². The number of methoxy groups -OCH3 is 1. The predicted octanol–water partition coefficient (Wildman–Crippen LogP) is 1.000. The van der Waals surface area contributed by atoms with Gasteiger partial charge >= 0.3 is 0 Å². The van der Waals surface area contributed by atoms with Gasteiger partial charge in [0.1, 0.15) is 11.3 Å². The van der Waals surface area contributed by atoms with Crippen LogP contribution in [0.5, 0.6) is 5.75 Å². The minimum absolute atomic E-state index is 0.694. The molecule has 0 unspecified atom stereocenters. The van der Waals surface area contributed by atoms with E-state index < -0.39 is 0 Å². The molecule has 2 aliphatic rings. The molecule has 3 heterocycles. The van der Waals surface area contributed by atoms with Crippen molar-refractivity contribution in [2.75, 3.05) is 57.9 Å². The molecule has 0 bridgehead atoms. The highest BCUT2D eigenvalue weighted by atomic mass is 16.6. The zero-order valence-electron chi connectivity index (χ0n) is 12.7. The minimum atomic E-state index is 0.694. The maximum absolute atomic E-state index is 5.40. The molecular weight excluding hydrogens is 284 g/mol. The van der Waals surface area contributed by atoms with Crippen molar-refractivity contribution < 1.29 is 14.1 Å². The van der Waals surface area contributed by atoms with E-state index in [2.05, 4.69) is 20.1 Å². The summed E-state index contributed by atoms with van der Waals surface area (Å²) < 4.78 is 15.6. The number of hydrogen-bond acceptors (Lipinski definition) is 7. The first-order valence-corrected chi connectivity index (χ1v) is 7.69. The summed E-state index contributed by atoms with van der Waals surface area (Å²) in [5.74, 6) is 1.48. The Morgan fingerprint density at radius 2 is 2.05 bits per heavy atom. The van der Waals surface area contributed by atoms with Gasteiger partial charge in [-0.2, -0.15) is 0 Å². The standard InChI is InChI=1S/C15H20N4O3/c1-20-12-6-13-15(17-22-16-13)14(7-12)19-9-11(10-19)8-18-2-4-21-5-3-18/h6-7,11H,2-5,8-10H2,1H3. The van der Waals surface area contributed by atoms with Crippen LogP contribution in [0.25, 0.3) is 11.0 Å². The molecule has 7 heteroatoms. The fourth-order valence-electron chi connectivity index (χ4n) is 3.24. The maximum Gasteiger partial charge on any atom is 0.158 e. The Kier molecular flexibility index (Phi) is 3.59. The summed E-state index contributed by atoms with van der Waals surface area (Å²) >= 11 is 0. The molecule has 7 nitrogen and oxygen atoms in total. The SMILES string of the molecule is COc1cc(N2CC(CN3CCOCC3)C2)c2nonc2c1. The topological polar surface area (TPSA) is 63.9 Å². The highest BCUT2D eigenvalue weighted by Crippen LogP contribution is 2.34. The van der Waals surface area contributed by atoms with Crippen molar-refractivity contribution >= 4 is 16.7 Å². The second kappa shape index (κ2) is 5.73. The normalized spacial score (nSPS) is 20.3. The number of anilines is 1. The van der Waals surface area contributed by atoms with Crippen molar-refractivity contribution in [3.05, 3.63) is 12.1 Å². The van der Waals surface area contributed by atoms with Crippen molar-refractivity contribution in [2.45, 2.75) is 0 Å². The Bertz CT molecular complexity index is 647. The molecular formula is C15H20N4O3.